The molecule has 14 heteroatoms. The van der Waals surface area contributed by atoms with E-state index in [0.29, 0.717) is 88.6 Å². The zero-order valence-corrected chi connectivity index (χ0v) is 30.5. The van der Waals surface area contributed by atoms with Crippen molar-refractivity contribution in [2.24, 2.45) is 21.7 Å². The first kappa shape index (κ1) is 42.8. The molecule has 0 aliphatic carbocycles. The molecule has 0 aliphatic heterocycles. The molecule has 0 saturated heterocycles. The molecule has 2 aromatic rings. The Kier molecular flexibility index (Phi) is 21.2. The summed E-state index contributed by atoms with van der Waals surface area (Å²) in [6, 6.07) is 13.2. The van der Waals surface area contributed by atoms with Gasteiger partial charge in [-0.05, 0) is 90.1 Å². The second-order valence-electron chi connectivity index (χ2n) is 12.6. The zero-order valence-electron chi connectivity index (χ0n) is 30.5. The molecule has 0 bridgehead atoms. The van der Waals surface area contributed by atoms with Gasteiger partial charge in [-0.2, -0.15) is 10.2 Å². The Bertz CT molecular complexity index is 1150. The van der Waals surface area contributed by atoms with Crippen LogP contribution in [0, 0.1) is 0 Å². The number of hydrogen-bond donors (Lipinski definition) is 4. The Morgan fingerprint density at radius 2 is 0.860 bits per heavy atom. The maximum absolute atomic E-state index is 12.7. The highest BCUT2D eigenvalue weighted by molar-refractivity contribution is 5.95. The van der Waals surface area contributed by atoms with Gasteiger partial charge in [0.25, 0.3) is 11.8 Å². The van der Waals surface area contributed by atoms with E-state index in [2.05, 4.69) is 20.9 Å². The summed E-state index contributed by atoms with van der Waals surface area (Å²) < 4.78 is 33.5. The predicted octanol–water partition coefficient (Wildman–Crippen LogP) is 3.91. The van der Waals surface area contributed by atoms with Crippen LogP contribution in [0.25, 0.3) is 0 Å². The van der Waals surface area contributed by atoms with Gasteiger partial charge in [-0.3, -0.25) is 9.59 Å². The number of benzene rings is 2. The first-order valence-corrected chi connectivity index (χ1v) is 17.2. The average Bonchev–Trinajstić information content (AvgIpc) is 3.08. The topological polar surface area (TPSA) is 190 Å². The molecule has 14 nitrogen and oxygen atoms in total. The number of nitrogens with one attached hydrogen (secondary N) is 2. The lowest BCUT2D eigenvalue weighted by Crippen LogP contribution is -2.37. The van der Waals surface area contributed by atoms with E-state index in [4.69, 9.17) is 39.9 Å². The highest BCUT2D eigenvalue weighted by Crippen LogP contribution is 2.19. The van der Waals surface area contributed by atoms with E-state index in [-0.39, 0.29) is 48.2 Å². The lowest BCUT2D eigenvalue weighted by atomic mass is 10.2. The van der Waals surface area contributed by atoms with E-state index >= 15 is 0 Å². The summed E-state index contributed by atoms with van der Waals surface area (Å²) in [6.07, 6.45) is -0.253. The Morgan fingerprint density at radius 1 is 0.540 bits per heavy atom. The second kappa shape index (κ2) is 24.7. The third kappa shape index (κ3) is 19.7. The fourth-order valence-electron chi connectivity index (χ4n) is 4.16. The van der Waals surface area contributed by atoms with Gasteiger partial charge >= 0.3 is 0 Å². The fraction of sp³-hybridized carbons (Fsp3) is 0.611. The molecule has 50 heavy (non-hydrogen) atoms. The molecule has 0 spiro atoms. The molecule has 6 unspecified atom stereocenters. The molecule has 0 radical (unpaired) electrons. The summed E-state index contributed by atoms with van der Waals surface area (Å²) >= 11 is 0. The summed E-state index contributed by atoms with van der Waals surface area (Å²) in [6.45, 7) is 15.8. The zero-order chi connectivity index (χ0) is 36.7. The van der Waals surface area contributed by atoms with Crippen LogP contribution in [0.1, 0.15) is 62.3 Å². The quantitative estimate of drug-likeness (QED) is 0.0826. The van der Waals surface area contributed by atoms with Gasteiger partial charge in [0, 0.05) is 35.3 Å². The molecule has 280 valence electrons. The predicted molar refractivity (Wildman–Crippen MR) is 192 cm³/mol. The van der Waals surface area contributed by atoms with Crippen molar-refractivity contribution in [2.75, 3.05) is 66.1 Å². The second-order valence-corrected chi connectivity index (χ2v) is 12.6. The molecule has 2 amide bonds. The van der Waals surface area contributed by atoms with Crippen LogP contribution in [0.15, 0.2) is 58.8 Å². The summed E-state index contributed by atoms with van der Waals surface area (Å²) in [7, 11) is 0. The van der Waals surface area contributed by atoms with Gasteiger partial charge < -0.3 is 50.5 Å². The number of nitrogens with two attached hydrogens (primary N) is 2. The molecule has 0 saturated carbocycles. The van der Waals surface area contributed by atoms with E-state index in [1.54, 1.807) is 48.5 Å². The van der Waals surface area contributed by atoms with E-state index in [0.717, 1.165) is 0 Å². The van der Waals surface area contributed by atoms with Gasteiger partial charge in [-0.15, -0.1) is 0 Å². The average molecular weight is 703 g/mol. The SMILES string of the molecule is CC(N)COCCOCC(C)OCC(C)NC(=O)c1ccc(N=Nc2ccc(C(=O)NC(C)COC(C)COCCOCC(C)N)cc2)cc1. The summed E-state index contributed by atoms with van der Waals surface area (Å²) in [5.74, 6) is -0.430. The smallest absolute Gasteiger partial charge is 0.251 e. The van der Waals surface area contributed by atoms with Crippen LogP contribution < -0.4 is 22.1 Å². The Morgan fingerprint density at radius 3 is 1.18 bits per heavy atom. The minimum absolute atomic E-state index is 0.00231. The molecule has 0 fully saturated rings. The summed E-state index contributed by atoms with van der Waals surface area (Å²) in [4.78, 5) is 25.4. The molecule has 6 N–H and O–H groups in total. The van der Waals surface area contributed by atoms with Crippen molar-refractivity contribution in [1.82, 2.24) is 10.6 Å². The Balaban J connectivity index is 1.68. The van der Waals surface area contributed by atoms with Gasteiger partial charge in [0.1, 0.15) is 0 Å². The number of amides is 2. The van der Waals surface area contributed by atoms with Crippen molar-refractivity contribution in [3.05, 3.63) is 59.7 Å². The van der Waals surface area contributed by atoms with Gasteiger partial charge in [-0.25, -0.2) is 0 Å². The maximum Gasteiger partial charge on any atom is 0.251 e. The van der Waals surface area contributed by atoms with Crippen LogP contribution in [0.2, 0.25) is 0 Å². The van der Waals surface area contributed by atoms with Crippen molar-refractivity contribution in [3.8, 4) is 0 Å². The van der Waals surface area contributed by atoms with Gasteiger partial charge in [0.05, 0.1) is 89.7 Å². The van der Waals surface area contributed by atoms with Gasteiger partial charge in [0.15, 0.2) is 0 Å². The summed E-state index contributed by atoms with van der Waals surface area (Å²) in [5, 5.41) is 14.4. The normalized spacial score (nSPS) is 15.3. The van der Waals surface area contributed by atoms with Crippen LogP contribution in [-0.4, -0.2) is 114 Å². The number of nitrogens with zero attached hydrogens (tertiary/aromatic N) is 2. The van der Waals surface area contributed by atoms with Crippen LogP contribution >= 0.6 is 0 Å². The van der Waals surface area contributed by atoms with Crippen LogP contribution in [0.5, 0.6) is 0 Å². The van der Waals surface area contributed by atoms with Crippen LogP contribution in [0.4, 0.5) is 11.4 Å². The maximum atomic E-state index is 12.7. The lowest BCUT2D eigenvalue weighted by molar-refractivity contribution is -0.0281. The minimum Gasteiger partial charge on any atom is -0.377 e. The highest BCUT2D eigenvalue weighted by Gasteiger charge is 2.14. The van der Waals surface area contributed by atoms with Crippen molar-refractivity contribution < 1.29 is 38.0 Å². The number of hydrogen-bond acceptors (Lipinski definition) is 12. The lowest BCUT2D eigenvalue weighted by Gasteiger charge is -2.18. The molecule has 0 aliphatic rings. The van der Waals surface area contributed by atoms with Crippen molar-refractivity contribution in [1.29, 1.82) is 0 Å². The standard InChI is InChI=1S/C36H58N6O8/c1-25(37)19-45-15-17-47-23-29(5)49-21-27(3)39-35(43)31-7-11-33(12-8-31)41-42-34-13-9-32(10-14-34)36(44)40-28(4)22-50-30(6)24-48-18-16-46-20-26(2)38/h7-14,25-30H,15-24,37-38H2,1-6H3,(H,39,43)(H,40,44). The molecule has 2 aromatic carbocycles. The number of carbonyl (C=O) groups excluding carboxylic acids is 2. The number of azo groups is 1. The molecule has 6 atom stereocenters. The number of rotatable bonds is 26. The van der Waals surface area contributed by atoms with Crippen molar-refractivity contribution >= 4 is 23.2 Å². The van der Waals surface area contributed by atoms with E-state index < -0.39 is 0 Å². The molecule has 0 aromatic heterocycles. The number of carbonyl (C=O) groups is 2. The first-order valence-electron chi connectivity index (χ1n) is 17.2. The van der Waals surface area contributed by atoms with E-state index in [1.807, 2.05) is 41.5 Å². The van der Waals surface area contributed by atoms with E-state index in [9.17, 15) is 9.59 Å². The molecular weight excluding hydrogens is 644 g/mol. The van der Waals surface area contributed by atoms with Crippen molar-refractivity contribution in [2.45, 2.75) is 77.9 Å². The summed E-state index contributed by atoms with van der Waals surface area (Å²) in [5.41, 5.74) is 13.4. The fourth-order valence-corrected chi connectivity index (χ4v) is 4.16. The molecule has 2 rings (SSSR count). The molecular formula is C36H58N6O8. The minimum atomic E-state index is -0.215. The van der Waals surface area contributed by atoms with Crippen LogP contribution in [0.3, 0.4) is 0 Å². The third-order valence-electron chi connectivity index (χ3n) is 6.77. The third-order valence-corrected chi connectivity index (χ3v) is 6.77. The number of ether oxygens (including phenoxy) is 6. The van der Waals surface area contributed by atoms with E-state index in [1.165, 1.54) is 0 Å². The Labute approximate surface area is 296 Å². The van der Waals surface area contributed by atoms with Crippen LogP contribution in [-0.2, 0) is 28.4 Å². The largest absolute Gasteiger partial charge is 0.377 e. The monoisotopic (exact) mass is 702 g/mol. The van der Waals surface area contributed by atoms with Gasteiger partial charge in [-0.1, -0.05) is 0 Å². The molecule has 0 heterocycles. The van der Waals surface area contributed by atoms with Crippen molar-refractivity contribution in [3.63, 3.8) is 0 Å². The highest BCUT2D eigenvalue weighted by atomic mass is 16.6. The Hall–Kier alpha value is -3.34. The van der Waals surface area contributed by atoms with Gasteiger partial charge in [0.2, 0.25) is 0 Å². The first-order chi connectivity index (χ1) is 23.9.